The number of hydrogen-bond donors (Lipinski definition) is 2. The van der Waals surface area contributed by atoms with Crippen LogP contribution in [0.1, 0.15) is 45.4 Å². The van der Waals surface area contributed by atoms with Gasteiger partial charge in [-0.05, 0) is 50.7 Å². The third kappa shape index (κ3) is 4.44. The van der Waals surface area contributed by atoms with Gasteiger partial charge in [0, 0.05) is 6.54 Å². The SMILES string of the molecule is CCCOc1nc(NCCC2=CCCCC2)ccc1N. The summed E-state index contributed by atoms with van der Waals surface area (Å²) in [5.41, 5.74) is 8.02. The molecule has 0 amide bonds. The largest absolute Gasteiger partial charge is 0.476 e. The lowest BCUT2D eigenvalue weighted by Crippen LogP contribution is -2.08. The molecule has 0 aromatic carbocycles. The number of nitrogens with zero attached hydrogens (tertiary/aromatic N) is 1. The average Bonchev–Trinajstić information content (AvgIpc) is 2.49. The number of nitrogens with one attached hydrogen (secondary N) is 1. The minimum Gasteiger partial charge on any atom is -0.476 e. The van der Waals surface area contributed by atoms with Crippen LogP contribution in [0.4, 0.5) is 11.5 Å². The fraction of sp³-hybridized carbons (Fsp3) is 0.562. The summed E-state index contributed by atoms with van der Waals surface area (Å²) in [5.74, 6) is 1.37. The van der Waals surface area contributed by atoms with E-state index in [-0.39, 0.29) is 0 Å². The molecule has 0 spiro atoms. The van der Waals surface area contributed by atoms with E-state index < -0.39 is 0 Å². The van der Waals surface area contributed by atoms with Crippen LogP contribution in [0, 0.1) is 0 Å². The van der Waals surface area contributed by atoms with E-state index in [9.17, 15) is 0 Å². The highest BCUT2D eigenvalue weighted by atomic mass is 16.5. The fourth-order valence-electron chi connectivity index (χ4n) is 2.35. The van der Waals surface area contributed by atoms with Gasteiger partial charge in [-0.25, -0.2) is 0 Å². The van der Waals surface area contributed by atoms with E-state index in [1.54, 1.807) is 5.57 Å². The second-order valence-corrected chi connectivity index (χ2v) is 5.22. The second kappa shape index (κ2) is 7.78. The van der Waals surface area contributed by atoms with Crippen LogP contribution in [0.2, 0.25) is 0 Å². The van der Waals surface area contributed by atoms with Gasteiger partial charge >= 0.3 is 0 Å². The first-order valence-corrected chi connectivity index (χ1v) is 7.60. The summed E-state index contributed by atoms with van der Waals surface area (Å²) in [5, 5.41) is 3.35. The first-order valence-electron chi connectivity index (χ1n) is 7.60. The third-order valence-electron chi connectivity index (χ3n) is 3.47. The van der Waals surface area contributed by atoms with Crippen LogP contribution in [0.3, 0.4) is 0 Å². The highest BCUT2D eigenvalue weighted by Gasteiger charge is 2.06. The molecule has 1 aromatic rings. The summed E-state index contributed by atoms with van der Waals surface area (Å²) in [7, 11) is 0. The number of anilines is 2. The maximum atomic E-state index is 5.85. The van der Waals surface area contributed by atoms with Crippen molar-refractivity contribution in [2.45, 2.75) is 45.4 Å². The Morgan fingerprint density at radius 1 is 1.35 bits per heavy atom. The van der Waals surface area contributed by atoms with Crippen molar-refractivity contribution >= 4 is 11.5 Å². The number of pyridine rings is 1. The Bertz CT molecular complexity index is 457. The lowest BCUT2D eigenvalue weighted by Gasteiger charge is -2.14. The first kappa shape index (κ1) is 14.7. The average molecular weight is 275 g/mol. The summed E-state index contributed by atoms with van der Waals surface area (Å²) < 4.78 is 5.54. The maximum absolute atomic E-state index is 5.85. The Morgan fingerprint density at radius 2 is 2.25 bits per heavy atom. The van der Waals surface area contributed by atoms with Crippen LogP contribution in [-0.2, 0) is 0 Å². The van der Waals surface area contributed by atoms with Gasteiger partial charge < -0.3 is 15.8 Å². The molecule has 0 atom stereocenters. The van der Waals surface area contributed by atoms with E-state index in [0.717, 1.165) is 25.2 Å². The molecular formula is C16H25N3O. The van der Waals surface area contributed by atoms with Gasteiger partial charge in [0.05, 0.1) is 12.3 Å². The van der Waals surface area contributed by atoms with Crippen molar-refractivity contribution < 1.29 is 4.74 Å². The van der Waals surface area contributed by atoms with E-state index in [4.69, 9.17) is 10.5 Å². The molecule has 3 N–H and O–H groups in total. The summed E-state index contributed by atoms with van der Waals surface area (Å²) in [4.78, 5) is 4.41. The highest BCUT2D eigenvalue weighted by Crippen LogP contribution is 2.22. The molecule has 2 rings (SSSR count). The number of allylic oxidation sites excluding steroid dienone is 1. The van der Waals surface area contributed by atoms with Crippen LogP contribution in [-0.4, -0.2) is 18.1 Å². The number of aromatic nitrogens is 1. The lowest BCUT2D eigenvalue weighted by atomic mass is 9.97. The molecule has 0 fully saturated rings. The Kier molecular flexibility index (Phi) is 5.71. The summed E-state index contributed by atoms with van der Waals surface area (Å²) >= 11 is 0. The van der Waals surface area contributed by atoms with E-state index in [1.807, 2.05) is 12.1 Å². The van der Waals surface area contributed by atoms with Crippen molar-refractivity contribution in [2.24, 2.45) is 0 Å². The molecule has 1 aliphatic rings. The number of hydrogen-bond acceptors (Lipinski definition) is 4. The molecule has 0 aliphatic heterocycles. The molecular weight excluding hydrogens is 250 g/mol. The second-order valence-electron chi connectivity index (χ2n) is 5.22. The molecule has 110 valence electrons. The van der Waals surface area contributed by atoms with Crippen LogP contribution in [0.5, 0.6) is 5.88 Å². The Balaban J connectivity index is 1.84. The van der Waals surface area contributed by atoms with Gasteiger partial charge in [0.2, 0.25) is 5.88 Å². The van der Waals surface area contributed by atoms with Gasteiger partial charge in [-0.2, -0.15) is 4.98 Å². The van der Waals surface area contributed by atoms with Crippen LogP contribution in [0.15, 0.2) is 23.8 Å². The molecule has 20 heavy (non-hydrogen) atoms. The standard InChI is InChI=1S/C16H25N3O/c1-2-12-20-16-14(17)8-9-15(19-16)18-11-10-13-6-4-3-5-7-13/h6,8-9H,2-5,7,10-12,17H2,1H3,(H,18,19). The van der Waals surface area contributed by atoms with E-state index in [0.29, 0.717) is 18.2 Å². The van der Waals surface area contributed by atoms with Gasteiger partial charge in [0.1, 0.15) is 5.82 Å². The van der Waals surface area contributed by atoms with Gasteiger partial charge in [-0.3, -0.25) is 0 Å². The highest BCUT2D eigenvalue weighted by molar-refractivity contribution is 5.53. The van der Waals surface area contributed by atoms with Crippen LogP contribution in [0.25, 0.3) is 0 Å². The van der Waals surface area contributed by atoms with Crippen LogP contribution < -0.4 is 15.8 Å². The fourth-order valence-corrected chi connectivity index (χ4v) is 2.35. The predicted molar refractivity (Wildman–Crippen MR) is 84.1 cm³/mol. The monoisotopic (exact) mass is 275 g/mol. The zero-order valence-electron chi connectivity index (χ0n) is 12.3. The quantitative estimate of drug-likeness (QED) is 0.744. The van der Waals surface area contributed by atoms with E-state index in [2.05, 4.69) is 23.3 Å². The summed E-state index contributed by atoms with van der Waals surface area (Å²) in [6.07, 6.45) is 9.60. The van der Waals surface area contributed by atoms with Crippen molar-refractivity contribution in [2.75, 3.05) is 24.2 Å². The molecule has 0 unspecified atom stereocenters. The van der Waals surface area contributed by atoms with E-state index in [1.165, 1.54) is 25.7 Å². The molecule has 0 bridgehead atoms. The zero-order valence-corrected chi connectivity index (χ0v) is 12.3. The molecule has 0 radical (unpaired) electrons. The topological polar surface area (TPSA) is 60.2 Å². The van der Waals surface area contributed by atoms with Crippen LogP contribution >= 0.6 is 0 Å². The predicted octanol–water partition coefficient (Wildman–Crippen LogP) is 3.76. The molecule has 1 aromatic heterocycles. The summed E-state index contributed by atoms with van der Waals surface area (Å²) in [6.45, 7) is 3.62. The van der Waals surface area contributed by atoms with Crippen molar-refractivity contribution in [1.82, 2.24) is 4.98 Å². The smallest absolute Gasteiger partial charge is 0.239 e. The molecule has 4 heteroatoms. The molecule has 0 saturated heterocycles. The van der Waals surface area contributed by atoms with Crippen molar-refractivity contribution in [3.63, 3.8) is 0 Å². The number of rotatable bonds is 7. The lowest BCUT2D eigenvalue weighted by molar-refractivity contribution is 0.307. The number of nitrogen functional groups attached to an aromatic ring is 1. The Labute approximate surface area is 121 Å². The zero-order chi connectivity index (χ0) is 14.2. The molecule has 0 saturated carbocycles. The third-order valence-corrected chi connectivity index (χ3v) is 3.47. The minimum absolute atomic E-state index is 0.536. The molecule has 1 aliphatic carbocycles. The van der Waals surface area contributed by atoms with Crippen molar-refractivity contribution in [1.29, 1.82) is 0 Å². The molecule has 1 heterocycles. The van der Waals surface area contributed by atoms with E-state index >= 15 is 0 Å². The first-order chi connectivity index (χ1) is 9.79. The van der Waals surface area contributed by atoms with Crippen molar-refractivity contribution in [3.05, 3.63) is 23.8 Å². The molecule has 4 nitrogen and oxygen atoms in total. The Hall–Kier alpha value is -1.71. The van der Waals surface area contributed by atoms with Gasteiger partial charge in [0.15, 0.2) is 0 Å². The minimum atomic E-state index is 0.536. The van der Waals surface area contributed by atoms with Gasteiger partial charge in [-0.15, -0.1) is 0 Å². The number of ether oxygens (including phenoxy) is 1. The summed E-state index contributed by atoms with van der Waals surface area (Å²) in [6, 6.07) is 3.75. The van der Waals surface area contributed by atoms with Gasteiger partial charge in [-0.1, -0.05) is 18.6 Å². The van der Waals surface area contributed by atoms with Crippen molar-refractivity contribution in [3.8, 4) is 5.88 Å². The van der Waals surface area contributed by atoms with Gasteiger partial charge in [0.25, 0.3) is 0 Å². The maximum Gasteiger partial charge on any atom is 0.239 e. The number of nitrogens with two attached hydrogens (primary N) is 1. The Morgan fingerprint density at radius 3 is 3.00 bits per heavy atom. The normalized spacial score (nSPS) is 14.8.